The van der Waals surface area contributed by atoms with E-state index in [1.54, 1.807) is 0 Å². The highest BCUT2D eigenvalue weighted by atomic mass is 16.5. The van der Waals surface area contributed by atoms with Crippen molar-refractivity contribution in [3.8, 4) is 0 Å². The van der Waals surface area contributed by atoms with Crippen LogP contribution in [0.4, 0.5) is 0 Å². The Morgan fingerprint density at radius 2 is 1.88 bits per heavy atom. The molecule has 0 aromatic rings. The molecular weight excluding hydrogens is 218 g/mol. The Bertz CT molecular complexity index is 209. The smallest absolute Gasteiger partial charge is 0.0940 e. The zero-order chi connectivity index (χ0) is 12.7. The Morgan fingerprint density at radius 1 is 1.18 bits per heavy atom. The second-order valence-corrected chi connectivity index (χ2v) is 5.56. The van der Waals surface area contributed by atoms with Crippen LogP contribution in [0.2, 0.25) is 0 Å². The second kappa shape index (κ2) is 7.31. The fourth-order valence-corrected chi connectivity index (χ4v) is 2.48. The monoisotopic (exact) mass is 245 g/mol. The van der Waals surface area contributed by atoms with E-state index in [0.717, 1.165) is 38.9 Å². The maximum absolute atomic E-state index is 9.20. The van der Waals surface area contributed by atoms with Crippen molar-refractivity contribution in [3.63, 3.8) is 0 Å². The lowest BCUT2D eigenvalue weighted by Gasteiger charge is -2.42. The number of nitrogens with zero attached hydrogens (tertiary/aromatic N) is 1. The molecule has 17 heavy (non-hydrogen) atoms. The molecule has 0 aliphatic carbocycles. The fourth-order valence-electron chi connectivity index (χ4n) is 2.48. The lowest BCUT2D eigenvalue weighted by Crippen LogP contribution is -2.53. The van der Waals surface area contributed by atoms with E-state index in [4.69, 9.17) is 9.84 Å². The minimum Gasteiger partial charge on any atom is -0.396 e. The molecule has 1 unspecified atom stereocenters. The van der Waals surface area contributed by atoms with Crippen LogP contribution in [-0.4, -0.2) is 59.7 Å². The van der Waals surface area contributed by atoms with E-state index in [1.165, 1.54) is 6.42 Å². The summed E-state index contributed by atoms with van der Waals surface area (Å²) in [7, 11) is 0. The first-order chi connectivity index (χ1) is 8.07. The second-order valence-electron chi connectivity index (χ2n) is 5.56. The lowest BCUT2D eigenvalue weighted by molar-refractivity contribution is -0.148. The molecule has 4 heteroatoms. The molecule has 1 heterocycles. The minimum atomic E-state index is -0.156. The summed E-state index contributed by atoms with van der Waals surface area (Å²) in [6.45, 7) is 7.39. The molecular formula is C13H27NO3. The van der Waals surface area contributed by atoms with Crippen LogP contribution in [0, 0.1) is 0 Å². The lowest BCUT2D eigenvalue weighted by atomic mass is 10.0. The van der Waals surface area contributed by atoms with Crippen LogP contribution < -0.4 is 0 Å². The van der Waals surface area contributed by atoms with Gasteiger partial charge < -0.3 is 14.9 Å². The van der Waals surface area contributed by atoms with Crippen LogP contribution in [-0.2, 0) is 4.74 Å². The fraction of sp³-hybridized carbons (Fsp3) is 1.00. The average molecular weight is 245 g/mol. The molecule has 0 bridgehead atoms. The highest BCUT2D eigenvalue weighted by Gasteiger charge is 2.32. The summed E-state index contributed by atoms with van der Waals surface area (Å²) < 4.78 is 5.77. The van der Waals surface area contributed by atoms with Gasteiger partial charge in [-0.1, -0.05) is 12.8 Å². The van der Waals surface area contributed by atoms with E-state index in [1.807, 2.05) is 0 Å². The van der Waals surface area contributed by atoms with Gasteiger partial charge in [-0.15, -0.1) is 0 Å². The third-order valence-electron chi connectivity index (χ3n) is 3.14. The molecule has 0 spiro atoms. The van der Waals surface area contributed by atoms with Crippen molar-refractivity contribution in [2.45, 2.75) is 51.2 Å². The zero-order valence-electron chi connectivity index (χ0n) is 11.2. The zero-order valence-corrected chi connectivity index (χ0v) is 11.2. The summed E-state index contributed by atoms with van der Waals surface area (Å²) >= 11 is 0. The normalized spacial score (nSPS) is 25.1. The van der Waals surface area contributed by atoms with Crippen LogP contribution >= 0.6 is 0 Å². The standard InChI is InChI=1S/C13H27NO3/c1-13(2)11-14(9-12(10-16)17-13)7-5-3-4-6-8-15/h12,15-16H,3-11H2,1-2H3. The van der Waals surface area contributed by atoms with Crippen molar-refractivity contribution < 1.29 is 14.9 Å². The molecule has 0 aromatic heterocycles. The van der Waals surface area contributed by atoms with Crippen LogP contribution in [0.15, 0.2) is 0 Å². The van der Waals surface area contributed by atoms with E-state index in [0.29, 0.717) is 6.61 Å². The molecule has 0 radical (unpaired) electrons. The third-order valence-corrected chi connectivity index (χ3v) is 3.14. The van der Waals surface area contributed by atoms with Crippen molar-refractivity contribution in [1.82, 2.24) is 4.90 Å². The maximum Gasteiger partial charge on any atom is 0.0940 e. The topological polar surface area (TPSA) is 52.9 Å². The number of morpholine rings is 1. The van der Waals surface area contributed by atoms with E-state index in [9.17, 15) is 5.11 Å². The molecule has 1 atom stereocenters. The number of hydrogen-bond acceptors (Lipinski definition) is 4. The first kappa shape index (κ1) is 14.9. The SMILES string of the molecule is CC1(C)CN(CCCCCCO)CC(CO)O1. The first-order valence-corrected chi connectivity index (χ1v) is 6.69. The molecule has 1 rings (SSSR count). The molecule has 2 N–H and O–H groups in total. The molecule has 4 nitrogen and oxygen atoms in total. The van der Waals surface area contributed by atoms with Crippen molar-refractivity contribution in [2.75, 3.05) is 32.8 Å². The van der Waals surface area contributed by atoms with Crippen molar-refractivity contribution in [2.24, 2.45) is 0 Å². The Kier molecular flexibility index (Phi) is 6.41. The number of hydrogen-bond donors (Lipinski definition) is 2. The number of unbranched alkanes of at least 4 members (excludes halogenated alkanes) is 3. The average Bonchev–Trinajstić information content (AvgIpc) is 2.26. The van der Waals surface area contributed by atoms with E-state index >= 15 is 0 Å². The Morgan fingerprint density at radius 3 is 2.53 bits per heavy atom. The van der Waals surface area contributed by atoms with Gasteiger partial charge in [-0.2, -0.15) is 0 Å². The van der Waals surface area contributed by atoms with Gasteiger partial charge in [0.15, 0.2) is 0 Å². The summed E-state index contributed by atoms with van der Waals surface area (Å²) in [5.74, 6) is 0. The minimum absolute atomic E-state index is 0.0452. The van der Waals surface area contributed by atoms with Gasteiger partial charge in [0.05, 0.1) is 18.3 Å². The molecule has 0 amide bonds. The number of aliphatic hydroxyl groups excluding tert-OH is 2. The van der Waals surface area contributed by atoms with Crippen molar-refractivity contribution >= 4 is 0 Å². The van der Waals surface area contributed by atoms with E-state index < -0.39 is 0 Å². The Labute approximate surface area is 105 Å². The Hall–Kier alpha value is -0.160. The summed E-state index contributed by atoms with van der Waals surface area (Å²) in [4.78, 5) is 2.38. The summed E-state index contributed by atoms with van der Waals surface area (Å²) in [5.41, 5.74) is -0.156. The molecule has 0 saturated carbocycles. The van der Waals surface area contributed by atoms with Gasteiger partial charge in [-0.05, 0) is 33.2 Å². The molecule has 1 aliphatic heterocycles. The van der Waals surface area contributed by atoms with Gasteiger partial charge >= 0.3 is 0 Å². The van der Waals surface area contributed by atoms with Gasteiger partial charge in [-0.25, -0.2) is 0 Å². The van der Waals surface area contributed by atoms with Crippen LogP contribution in [0.1, 0.15) is 39.5 Å². The van der Waals surface area contributed by atoms with Crippen LogP contribution in [0.25, 0.3) is 0 Å². The summed E-state index contributed by atoms with van der Waals surface area (Å²) in [6, 6.07) is 0. The van der Waals surface area contributed by atoms with Crippen LogP contribution in [0.3, 0.4) is 0 Å². The van der Waals surface area contributed by atoms with Gasteiger partial charge in [0.25, 0.3) is 0 Å². The summed E-state index contributed by atoms with van der Waals surface area (Å²) in [5, 5.41) is 17.9. The summed E-state index contributed by atoms with van der Waals surface area (Å²) in [6.07, 6.45) is 4.30. The van der Waals surface area contributed by atoms with Gasteiger partial charge in [-0.3, -0.25) is 4.90 Å². The largest absolute Gasteiger partial charge is 0.396 e. The number of ether oxygens (including phenoxy) is 1. The Balaban J connectivity index is 2.23. The van der Waals surface area contributed by atoms with Crippen molar-refractivity contribution in [3.05, 3.63) is 0 Å². The van der Waals surface area contributed by atoms with Gasteiger partial charge in [0.1, 0.15) is 0 Å². The molecule has 102 valence electrons. The highest BCUT2D eigenvalue weighted by Crippen LogP contribution is 2.21. The maximum atomic E-state index is 9.20. The van der Waals surface area contributed by atoms with Gasteiger partial charge in [0.2, 0.25) is 0 Å². The van der Waals surface area contributed by atoms with Crippen LogP contribution in [0.5, 0.6) is 0 Å². The predicted octanol–water partition coefficient (Wildman–Crippen LogP) is 1.01. The molecule has 1 saturated heterocycles. The molecule has 1 fully saturated rings. The van der Waals surface area contributed by atoms with Crippen molar-refractivity contribution in [1.29, 1.82) is 0 Å². The van der Waals surface area contributed by atoms with E-state index in [2.05, 4.69) is 18.7 Å². The molecule has 0 aromatic carbocycles. The predicted molar refractivity (Wildman–Crippen MR) is 68.0 cm³/mol. The highest BCUT2D eigenvalue weighted by molar-refractivity contribution is 4.83. The number of aliphatic hydroxyl groups is 2. The van der Waals surface area contributed by atoms with E-state index in [-0.39, 0.29) is 18.3 Å². The molecule has 1 aliphatic rings. The first-order valence-electron chi connectivity index (χ1n) is 6.69. The van der Waals surface area contributed by atoms with Gasteiger partial charge in [0, 0.05) is 19.7 Å². The number of rotatable bonds is 7. The third kappa shape index (κ3) is 5.82. The quantitative estimate of drug-likeness (QED) is 0.657.